The molecule has 23 heavy (non-hydrogen) atoms. The zero-order valence-electron chi connectivity index (χ0n) is 13.5. The summed E-state index contributed by atoms with van der Waals surface area (Å²) >= 11 is 0. The van der Waals surface area contributed by atoms with Gasteiger partial charge in [-0.2, -0.15) is 0 Å². The van der Waals surface area contributed by atoms with Crippen molar-refractivity contribution in [2.45, 2.75) is 20.3 Å². The number of sulfone groups is 1. The van der Waals surface area contributed by atoms with E-state index in [0.717, 1.165) is 11.4 Å². The van der Waals surface area contributed by atoms with Crippen LogP contribution >= 0.6 is 0 Å². The smallest absolute Gasteiger partial charge is 0.226 e. The molecule has 1 amide bonds. The molecule has 2 fully saturated rings. The Bertz CT molecular complexity index is 691. The molecule has 0 radical (unpaired) electrons. The molecular formula is C15H22N4O3S. The van der Waals surface area contributed by atoms with E-state index in [9.17, 15) is 13.2 Å². The zero-order chi connectivity index (χ0) is 16.6. The molecule has 7 nitrogen and oxygen atoms in total. The average Bonchev–Trinajstić information content (AvgIpc) is 2.86. The molecule has 1 atom stereocenters. The van der Waals surface area contributed by atoms with E-state index in [1.54, 1.807) is 4.90 Å². The van der Waals surface area contributed by atoms with Crippen LogP contribution < -0.4 is 4.90 Å². The van der Waals surface area contributed by atoms with Crippen molar-refractivity contribution in [3.8, 4) is 0 Å². The van der Waals surface area contributed by atoms with Gasteiger partial charge in [0, 0.05) is 37.6 Å². The average molecular weight is 338 g/mol. The lowest BCUT2D eigenvalue weighted by Crippen LogP contribution is -2.51. The molecule has 0 bridgehead atoms. The first kappa shape index (κ1) is 16.2. The van der Waals surface area contributed by atoms with Crippen molar-refractivity contribution < 1.29 is 13.2 Å². The third kappa shape index (κ3) is 3.63. The third-order valence-corrected chi connectivity index (χ3v) is 6.19. The highest BCUT2D eigenvalue weighted by Gasteiger charge is 2.36. The van der Waals surface area contributed by atoms with Crippen molar-refractivity contribution in [2.75, 3.05) is 42.6 Å². The molecule has 3 rings (SSSR count). The van der Waals surface area contributed by atoms with E-state index < -0.39 is 9.84 Å². The number of rotatable bonds is 2. The molecule has 0 unspecified atom stereocenters. The SMILES string of the molecule is Cc1cc(C)nc(N2CCN(C(=O)[C@H]3CCS(=O)(=O)C3)CC2)n1. The van der Waals surface area contributed by atoms with Crippen LogP contribution in [-0.4, -0.2) is 66.9 Å². The maximum atomic E-state index is 12.5. The summed E-state index contributed by atoms with van der Waals surface area (Å²) in [5, 5.41) is 0. The fourth-order valence-corrected chi connectivity index (χ4v) is 4.96. The number of carbonyl (C=O) groups excluding carboxylic acids is 1. The monoisotopic (exact) mass is 338 g/mol. The molecule has 0 aromatic carbocycles. The minimum Gasteiger partial charge on any atom is -0.339 e. The molecule has 2 aliphatic rings. The van der Waals surface area contributed by atoms with Crippen LogP contribution in [0.2, 0.25) is 0 Å². The summed E-state index contributed by atoms with van der Waals surface area (Å²) in [6, 6.07) is 1.93. The highest BCUT2D eigenvalue weighted by atomic mass is 32.2. The summed E-state index contributed by atoms with van der Waals surface area (Å²) in [5.41, 5.74) is 1.87. The summed E-state index contributed by atoms with van der Waals surface area (Å²) in [5.74, 6) is 0.473. The van der Waals surface area contributed by atoms with Crippen molar-refractivity contribution in [3.05, 3.63) is 17.5 Å². The summed E-state index contributed by atoms with van der Waals surface area (Å²) in [4.78, 5) is 25.2. The van der Waals surface area contributed by atoms with Gasteiger partial charge in [-0.25, -0.2) is 18.4 Å². The lowest BCUT2D eigenvalue weighted by atomic mass is 10.1. The van der Waals surface area contributed by atoms with E-state index >= 15 is 0 Å². The standard InChI is InChI=1S/C15H22N4O3S/c1-11-9-12(2)17-15(16-11)19-6-4-18(5-7-19)14(20)13-3-8-23(21,22)10-13/h9,13H,3-8,10H2,1-2H3/t13-/m0/s1. The molecule has 0 aliphatic carbocycles. The lowest BCUT2D eigenvalue weighted by Gasteiger charge is -2.36. The Balaban J connectivity index is 1.61. The summed E-state index contributed by atoms with van der Waals surface area (Å²) < 4.78 is 23.1. The molecule has 0 N–H and O–H groups in total. The van der Waals surface area contributed by atoms with Crippen LogP contribution in [-0.2, 0) is 14.6 Å². The summed E-state index contributed by atoms with van der Waals surface area (Å²) in [6.07, 6.45) is 0.460. The predicted octanol–water partition coefficient (Wildman–Crippen LogP) is 0.177. The Morgan fingerprint density at radius 1 is 1.13 bits per heavy atom. The zero-order valence-corrected chi connectivity index (χ0v) is 14.3. The van der Waals surface area contributed by atoms with Crippen molar-refractivity contribution >= 4 is 21.7 Å². The summed E-state index contributed by atoms with van der Waals surface area (Å²) in [6.45, 7) is 6.41. The number of anilines is 1. The topological polar surface area (TPSA) is 83.5 Å². The molecule has 0 spiro atoms. The Morgan fingerprint density at radius 3 is 2.26 bits per heavy atom. The normalized spacial score (nSPS) is 24.0. The van der Waals surface area contributed by atoms with Crippen LogP contribution in [0.25, 0.3) is 0 Å². The molecule has 1 aromatic rings. The Hall–Kier alpha value is -1.70. The Morgan fingerprint density at radius 2 is 1.74 bits per heavy atom. The molecule has 2 saturated heterocycles. The van der Waals surface area contributed by atoms with Crippen LogP contribution in [0.1, 0.15) is 17.8 Å². The van der Waals surface area contributed by atoms with E-state index in [0.29, 0.717) is 38.5 Å². The number of carbonyl (C=O) groups is 1. The first-order chi connectivity index (χ1) is 10.8. The van der Waals surface area contributed by atoms with Crippen LogP contribution in [0.15, 0.2) is 6.07 Å². The fourth-order valence-electron chi connectivity index (χ4n) is 3.22. The number of piperazine rings is 1. The first-order valence-corrected chi connectivity index (χ1v) is 9.73. The van der Waals surface area contributed by atoms with Crippen LogP contribution in [0, 0.1) is 19.8 Å². The first-order valence-electron chi connectivity index (χ1n) is 7.90. The molecule has 2 aliphatic heterocycles. The van der Waals surface area contributed by atoms with E-state index in [4.69, 9.17) is 0 Å². The van der Waals surface area contributed by atoms with Crippen LogP contribution in [0.3, 0.4) is 0 Å². The van der Waals surface area contributed by atoms with E-state index in [2.05, 4.69) is 14.9 Å². The van der Waals surface area contributed by atoms with Gasteiger partial charge >= 0.3 is 0 Å². The predicted molar refractivity (Wildman–Crippen MR) is 87.1 cm³/mol. The number of hydrogen-bond acceptors (Lipinski definition) is 6. The van der Waals surface area contributed by atoms with Gasteiger partial charge < -0.3 is 9.80 Å². The number of hydrogen-bond donors (Lipinski definition) is 0. The van der Waals surface area contributed by atoms with Crippen molar-refractivity contribution in [1.82, 2.24) is 14.9 Å². The molecule has 1 aromatic heterocycles. The lowest BCUT2D eigenvalue weighted by molar-refractivity contribution is -0.135. The molecular weight excluding hydrogens is 316 g/mol. The van der Waals surface area contributed by atoms with Gasteiger partial charge in [0.2, 0.25) is 11.9 Å². The maximum absolute atomic E-state index is 12.5. The molecule has 3 heterocycles. The van der Waals surface area contributed by atoms with Crippen LogP contribution in [0.5, 0.6) is 0 Å². The second-order valence-corrected chi connectivity index (χ2v) is 8.59. The van der Waals surface area contributed by atoms with Gasteiger partial charge in [-0.3, -0.25) is 4.79 Å². The molecule has 0 saturated carbocycles. The van der Waals surface area contributed by atoms with Crippen molar-refractivity contribution in [1.29, 1.82) is 0 Å². The van der Waals surface area contributed by atoms with E-state index in [1.807, 2.05) is 19.9 Å². The highest BCUT2D eigenvalue weighted by Crippen LogP contribution is 2.22. The largest absolute Gasteiger partial charge is 0.339 e. The third-order valence-electron chi connectivity index (χ3n) is 4.43. The quantitative estimate of drug-likeness (QED) is 0.765. The van der Waals surface area contributed by atoms with Crippen molar-refractivity contribution in [2.24, 2.45) is 5.92 Å². The fraction of sp³-hybridized carbons (Fsp3) is 0.667. The number of nitrogens with zero attached hydrogens (tertiary/aromatic N) is 4. The van der Waals surface area contributed by atoms with E-state index in [-0.39, 0.29) is 23.3 Å². The number of aryl methyl sites for hydroxylation is 2. The van der Waals surface area contributed by atoms with Gasteiger partial charge in [-0.05, 0) is 26.3 Å². The van der Waals surface area contributed by atoms with Gasteiger partial charge in [0.1, 0.15) is 0 Å². The summed E-state index contributed by atoms with van der Waals surface area (Å²) in [7, 11) is -3.02. The maximum Gasteiger partial charge on any atom is 0.226 e. The highest BCUT2D eigenvalue weighted by molar-refractivity contribution is 7.91. The van der Waals surface area contributed by atoms with Gasteiger partial charge in [0.05, 0.1) is 17.4 Å². The minimum absolute atomic E-state index is 0.00618. The number of aromatic nitrogens is 2. The Kier molecular flexibility index (Phi) is 4.27. The minimum atomic E-state index is -3.02. The number of amides is 1. The molecule has 8 heteroatoms. The van der Waals surface area contributed by atoms with Gasteiger partial charge in [-0.15, -0.1) is 0 Å². The molecule has 126 valence electrons. The van der Waals surface area contributed by atoms with Gasteiger partial charge in [0.15, 0.2) is 9.84 Å². The van der Waals surface area contributed by atoms with Crippen LogP contribution in [0.4, 0.5) is 5.95 Å². The Labute approximate surface area is 136 Å². The second kappa shape index (κ2) is 6.07. The van der Waals surface area contributed by atoms with Gasteiger partial charge in [-0.1, -0.05) is 0 Å². The van der Waals surface area contributed by atoms with Gasteiger partial charge in [0.25, 0.3) is 0 Å². The van der Waals surface area contributed by atoms with E-state index in [1.165, 1.54) is 0 Å². The second-order valence-electron chi connectivity index (χ2n) is 6.36. The van der Waals surface area contributed by atoms with Crippen molar-refractivity contribution in [3.63, 3.8) is 0 Å².